The summed E-state index contributed by atoms with van der Waals surface area (Å²) >= 11 is 6.39. The van der Waals surface area contributed by atoms with E-state index in [9.17, 15) is 0 Å². The lowest BCUT2D eigenvalue weighted by molar-refractivity contribution is 0.762. The molecule has 3 heteroatoms. The molecule has 0 radical (unpaired) electrons. The van der Waals surface area contributed by atoms with Crippen molar-refractivity contribution >= 4 is 17.4 Å². The van der Waals surface area contributed by atoms with Gasteiger partial charge in [-0.1, -0.05) is 12.1 Å². The highest BCUT2D eigenvalue weighted by Gasteiger charge is 2.19. The Morgan fingerprint density at radius 3 is 2.33 bits per heavy atom. The van der Waals surface area contributed by atoms with E-state index in [1.165, 1.54) is 22.3 Å². The van der Waals surface area contributed by atoms with Crippen molar-refractivity contribution in [1.82, 2.24) is 5.32 Å². The first-order chi connectivity index (χ1) is 8.38. The largest absolute Gasteiger partial charge is 0.372 e. The van der Waals surface area contributed by atoms with Gasteiger partial charge in [0.05, 0.1) is 11.4 Å². The summed E-state index contributed by atoms with van der Waals surface area (Å²) in [6.07, 6.45) is 0.903. The summed E-state index contributed by atoms with van der Waals surface area (Å²) in [5, 5.41) is 3.33. The predicted octanol–water partition coefficient (Wildman–Crippen LogP) is 3.32. The smallest absolute Gasteiger partial charge is 0.101 e. The number of nitrogens with one attached hydrogen (secondary N) is 1. The van der Waals surface area contributed by atoms with Gasteiger partial charge in [-0.05, 0) is 49.9 Å². The van der Waals surface area contributed by atoms with Crippen molar-refractivity contribution < 1.29 is 0 Å². The average Bonchev–Trinajstić information content (AvgIpc) is 2.74. The molecule has 0 amide bonds. The van der Waals surface area contributed by atoms with Crippen LogP contribution in [0.2, 0.25) is 0 Å². The van der Waals surface area contributed by atoms with Crippen molar-refractivity contribution in [1.29, 1.82) is 0 Å². The SMILES string of the molecule is Cc1cc(C(C)(C)Cl)cc(C)c1CC1=NCCN1. The number of hydrogen-bond donors (Lipinski definition) is 1. The van der Waals surface area contributed by atoms with Gasteiger partial charge >= 0.3 is 0 Å². The summed E-state index contributed by atoms with van der Waals surface area (Å²) in [6.45, 7) is 10.3. The van der Waals surface area contributed by atoms with E-state index in [0.29, 0.717) is 0 Å². The number of halogens is 1. The molecule has 0 aromatic heterocycles. The lowest BCUT2D eigenvalue weighted by Crippen LogP contribution is -2.21. The standard InChI is InChI=1S/C15H21ClN2/c1-10-7-12(15(3,4)16)8-11(2)13(10)9-14-17-5-6-18-14/h7-8H,5-6,9H2,1-4H3,(H,17,18). The van der Waals surface area contributed by atoms with Crippen LogP contribution in [0.3, 0.4) is 0 Å². The Morgan fingerprint density at radius 2 is 1.89 bits per heavy atom. The maximum absolute atomic E-state index is 6.39. The first kappa shape index (κ1) is 13.4. The Labute approximate surface area is 114 Å². The molecule has 0 saturated heterocycles. The zero-order valence-electron chi connectivity index (χ0n) is 11.6. The molecule has 98 valence electrons. The second kappa shape index (κ2) is 4.93. The highest BCUT2D eigenvalue weighted by atomic mass is 35.5. The number of amidine groups is 1. The van der Waals surface area contributed by atoms with Crippen LogP contribution in [0.25, 0.3) is 0 Å². The van der Waals surface area contributed by atoms with Gasteiger partial charge in [0, 0.05) is 13.0 Å². The molecule has 1 aromatic rings. The molecule has 1 aromatic carbocycles. The minimum Gasteiger partial charge on any atom is -0.372 e. The van der Waals surface area contributed by atoms with Crippen molar-refractivity contribution in [2.45, 2.75) is 39.0 Å². The molecule has 1 aliphatic heterocycles. The Hall–Kier alpha value is -1.02. The lowest BCUT2D eigenvalue weighted by atomic mass is 9.92. The van der Waals surface area contributed by atoms with Crippen LogP contribution in [0.1, 0.15) is 36.1 Å². The lowest BCUT2D eigenvalue weighted by Gasteiger charge is -2.20. The molecule has 0 unspecified atom stereocenters. The summed E-state index contributed by atoms with van der Waals surface area (Å²) in [5.74, 6) is 1.11. The number of benzene rings is 1. The molecule has 0 atom stereocenters. The van der Waals surface area contributed by atoms with E-state index in [2.05, 4.69) is 36.3 Å². The summed E-state index contributed by atoms with van der Waals surface area (Å²) < 4.78 is 0. The Morgan fingerprint density at radius 1 is 1.28 bits per heavy atom. The van der Waals surface area contributed by atoms with Crippen molar-refractivity contribution in [3.8, 4) is 0 Å². The van der Waals surface area contributed by atoms with Gasteiger partial charge in [0.15, 0.2) is 0 Å². The number of aliphatic imine (C=N–C) groups is 1. The van der Waals surface area contributed by atoms with Crippen LogP contribution in [0, 0.1) is 13.8 Å². The van der Waals surface area contributed by atoms with Gasteiger partial charge in [-0.25, -0.2) is 0 Å². The summed E-state index contributed by atoms with van der Waals surface area (Å²) in [7, 11) is 0. The monoisotopic (exact) mass is 264 g/mol. The number of rotatable bonds is 3. The molecule has 0 spiro atoms. The highest BCUT2D eigenvalue weighted by Crippen LogP contribution is 2.30. The Balaban J connectivity index is 2.32. The van der Waals surface area contributed by atoms with E-state index in [1.54, 1.807) is 0 Å². The first-order valence-electron chi connectivity index (χ1n) is 6.44. The van der Waals surface area contributed by atoms with Crippen molar-refractivity contribution in [3.05, 3.63) is 34.4 Å². The van der Waals surface area contributed by atoms with Crippen LogP contribution in [0.5, 0.6) is 0 Å². The van der Waals surface area contributed by atoms with Gasteiger partial charge in [0.2, 0.25) is 0 Å². The fourth-order valence-corrected chi connectivity index (χ4v) is 2.46. The van der Waals surface area contributed by atoms with Crippen molar-refractivity contribution in [2.75, 3.05) is 13.1 Å². The van der Waals surface area contributed by atoms with E-state index in [0.717, 1.165) is 25.3 Å². The fraction of sp³-hybridized carbons (Fsp3) is 0.533. The van der Waals surface area contributed by atoms with E-state index >= 15 is 0 Å². The van der Waals surface area contributed by atoms with Gasteiger partial charge in [-0.3, -0.25) is 4.99 Å². The molecular formula is C15H21ClN2. The molecule has 2 rings (SSSR count). The number of hydrogen-bond acceptors (Lipinski definition) is 2. The second-order valence-corrected chi connectivity index (χ2v) is 6.44. The third-order valence-corrected chi connectivity index (χ3v) is 3.69. The van der Waals surface area contributed by atoms with Gasteiger partial charge in [0.1, 0.15) is 5.84 Å². The zero-order chi connectivity index (χ0) is 13.3. The topological polar surface area (TPSA) is 24.4 Å². The molecule has 0 bridgehead atoms. The second-order valence-electron chi connectivity index (χ2n) is 5.49. The third-order valence-electron chi connectivity index (χ3n) is 3.47. The third kappa shape index (κ3) is 2.86. The first-order valence-corrected chi connectivity index (χ1v) is 6.82. The normalized spacial score (nSPS) is 15.5. The van der Waals surface area contributed by atoms with Gasteiger partial charge in [-0.2, -0.15) is 0 Å². The van der Waals surface area contributed by atoms with Crippen LogP contribution in [-0.2, 0) is 11.3 Å². The van der Waals surface area contributed by atoms with Gasteiger partial charge < -0.3 is 5.32 Å². The molecular weight excluding hydrogens is 244 g/mol. The molecule has 2 nitrogen and oxygen atoms in total. The summed E-state index contributed by atoms with van der Waals surface area (Å²) in [6, 6.07) is 4.40. The van der Waals surface area contributed by atoms with Crippen LogP contribution < -0.4 is 5.32 Å². The van der Waals surface area contributed by atoms with Crippen LogP contribution in [0.4, 0.5) is 0 Å². The van der Waals surface area contributed by atoms with E-state index < -0.39 is 0 Å². The summed E-state index contributed by atoms with van der Waals surface area (Å²) in [4.78, 5) is 4.16. The quantitative estimate of drug-likeness (QED) is 0.832. The van der Waals surface area contributed by atoms with Gasteiger partial charge in [0.25, 0.3) is 0 Å². The predicted molar refractivity (Wildman–Crippen MR) is 78.8 cm³/mol. The molecule has 1 N–H and O–H groups in total. The van der Waals surface area contributed by atoms with Crippen molar-refractivity contribution in [2.24, 2.45) is 4.99 Å². The van der Waals surface area contributed by atoms with E-state index in [-0.39, 0.29) is 4.87 Å². The number of aryl methyl sites for hydroxylation is 2. The Bertz CT molecular complexity index is 461. The molecule has 0 aliphatic carbocycles. The van der Waals surface area contributed by atoms with E-state index in [4.69, 9.17) is 11.6 Å². The molecule has 1 aliphatic rings. The minimum absolute atomic E-state index is 0.308. The van der Waals surface area contributed by atoms with Crippen LogP contribution in [0.15, 0.2) is 17.1 Å². The van der Waals surface area contributed by atoms with Crippen LogP contribution >= 0.6 is 11.6 Å². The molecule has 0 fully saturated rings. The fourth-order valence-electron chi connectivity index (χ4n) is 2.35. The molecule has 1 heterocycles. The average molecular weight is 265 g/mol. The number of alkyl halides is 1. The van der Waals surface area contributed by atoms with Gasteiger partial charge in [-0.15, -0.1) is 11.6 Å². The maximum Gasteiger partial charge on any atom is 0.101 e. The zero-order valence-corrected chi connectivity index (χ0v) is 12.4. The Kier molecular flexibility index (Phi) is 3.67. The minimum atomic E-state index is -0.308. The summed E-state index contributed by atoms with van der Waals surface area (Å²) in [5.41, 5.74) is 5.15. The number of nitrogens with zero attached hydrogens (tertiary/aromatic N) is 1. The van der Waals surface area contributed by atoms with Crippen molar-refractivity contribution in [3.63, 3.8) is 0 Å². The highest BCUT2D eigenvalue weighted by molar-refractivity contribution is 6.23. The van der Waals surface area contributed by atoms with Crippen LogP contribution in [-0.4, -0.2) is 18.9 Å². The van der Waals surface area contributed by atoms with E-state index in [1.807, 2.05) is 13.8 Å². The molecule has 18 heavy (non-hydrogen) atoms. The maximum atomic E-state index is 6.39. The molecule has 0 saturated carbocycles.